The molecule has 1 aromatic carbocycles. The second-order valence-electron chi connectivity index (χ2n) is 6.00. The summed E-state index contributed by atoms with van der Waals surface area (Å²) in [6.45, 7) is 1.39. The van der Waals surface area contributed by atoms with Crippen LogP contribution in [0.3, 0.4) is 0 Å². The number of ether oxygens (including phenoxy) is 2. The van der Waals surface area contributed by atoms with Gasteiger partial charge < -0.3 is 20.1 Å². The van der Waals surface area contributed by atoms with Crippen molar-refractivity contribution in [1.29, 1.82) is 0 Å². The predicted octanol–water partition coefficient (Wildman–Crippen LogP) is -0.0279. The minimum Gasteiger partial charge on any atom is -0.495 e. The van der Waals surface area contributed by atoms with E-state index < -0.39 is 15.9 Å². The second-order valence-corrected chi connectivity index (χ2v) is 7.91. The van der Waals surface area contributed by atoms with Crippen LogP contribution in [0.2, 0.25) is 0 Å². The number of carbonyl (C=O) groups is 2. The average molecular weight is 399 g/mol. The summed E-state index contributed by atoms with van der Waals surface area (Å²) in [5.41, 5.74) is 0.137. The van der Waals surface area contributed by atoms with Gasteiger partial charge in [0.2, 0.25) is 15.9 Å². The summed E-state index contributed by atoms with van der Waals surface area (Å²) >= 11 is 0. The molecule has 1 aliphatic heterocycles. The van der Waals surface area contributed by atoms with Gasteiger partial charge in [-0.05, 0) is 31.0 Å². The zero-order valence-electron chi connectivity index (χ0n) is 15.5. The lowest BCUT2D eigenvalue weighted by atomic mass is 10.2. The van der Waals surface area contributed by atoms with Crippen LogP contribution < -0.4 is 15.4 Å². The van der Waals surface area contributed by atoms with E-state index in [2.05, 4.69) is 10.6 Å². The zero-order chi connectivity index (χ0) is 19.9. The van der Waals surface area contributed by atoms with Crippen LogP contribution in [0.4, 0.5) is 0 Å². The summed E-state index contributed by atoms with van der Waals surface area (Å²) in [5, 5.41) is 5.05. The number of carbonyl (C=O) groups excluding carboxylic acids is 2. The summed E-state index contributed by atoms with van der Waals surface area (Å²) in [7, 11) is -0.852. The van der Waals surface area contributed by atoms with Crippen LogP contribution in [0.15, 0.2) is 23.1 Å². The Morgan fingerprint density at radius 1 is 1.15 bits per heavy atom. The minimum absolute atomic E-state index is 0.0518. The van der Waals surface area contributed by atoms with Crippen molar-refractivity contribution in [3.63, 3.8) is 0 Å². The molecule has 0 aromatic heterocycles. The van der Waals surface area contributed by atoms with Gasteiger partial charge >= 0.3 is 0 Å². The van der Waals surface area contributed by atoms with Gasteiger partial charge in [0.1, 0.15) is 10.6 Å². The Kier molecular flexibility index (Phi) is 7.57. The Labute approximate surface area is 159 Å². The maximum Gasteiger partial charge on any atom is 0.251 e. The second kappa shape index (κ2) is 9.67. The van der Waals surface area contributed by atoms with E-state index in [4.69, 9.17) is 9.47 Å². The van der Waals surface area contributed by atoms with Crippen LogP contribution in [0.5, 0.6) is 5.75 Å². The molecule has 1 aromatic rings. The summed E-state index contributed by atoms with van der Waals surface area (Å²) in [4.78, 5) is 23.9. The van der Waals surface area contributed by atoms with E-state index in [1.807, 2.05) is 0 Å². The van der Waals surface area contributed by atoms with E-state index in [9.17, 15) is 18.0 Å². The van der Waals surface area contributed by atoms with Crippen LogP contribution in [-0.4, -0.2) is 71.5 Å². The molecule has 9 nitrogen and oxygen atoms in total. The number of hydrogen-bond donors (Lipinski definition) is 2. The smallest absolute Gasteiger partial charge is 0.251 e. The van der Waals surface area contributed by atoms with E-state index in [1.54, 1.807) is 0 Å². The van der Waals surface area contributed by atoms with E-state index >= 15 is 0 Å². The van der Waals surface area contributed by atoms with Crippen molar-refractivity contribution in [2.75, 3.05) is 47.0 Å². The Morgan fingerprint density at radius 2 is 1.85 bits per heavy atom. The molecule has 2 N–H and O–H groups in total. The number of nitrogens with one attached hydrogen (secondary N) is 2. The van der Waals surface area contributed by atoms with Gasteiger partial charge in [-0.2, -0.15) is 4.31 Å². The van der Waals surface area contributed by atoms with E-state index in [0.29, 0.717) is 26.2 Å². The Hall–Kier alpha value is -2.17. The summed E-state index contributed by atoms with van der Waals surface area (Å²) in [5.74, 6) is -0.730. The first-order valence-corrected chi connectivity index (χ1v) is 10.1. The molecule has 2 rings (SSSR count). The number of nitrogens with zero attached hydrogens (tertiary/aromatic N) is 1. The van der Waals surface area contributed by atoms with E-state index in [0.717, 1.165) is 12.8 Å². The van der Waals surface area contributed by atoms with Crippen molar-refractivity contribution >= 4 is 21.8 Å². The van der Waals surface area contributed by atoms with Crippen molar-refractivity contribution < 1.29 is 27.5 Å². The third kappa shape index (κ3) is 5.41. The fourth-order valence-electron chi connectivity index (χ4n) is 2.70. The maximum atomic E-state index is 12.8. The molecule has 0 radical (unpaired) electrons. The third-order valence-electron chi connectivity index (χ3n) is 4.15. The molecular weight excluding hydrogens is 374 g/mol. The van der Waals surface area contributed by atoms with Crippen molar-refractivity contribution in [1.82, 2.24) is 14.9 Å². The highest BCUT2D eigenvalue weighted by Gasteiger charge is 2.30. The highest BCUT2D eigenvalue weighted by atomic mass is 32.2. The van der Waals surface area contributed by atoms with Gasteiger partial charge in [0.15, 0.2) is 0 Å². The molecule has 27 heavy (non-hydrogen) atoms. The first-order valence-electron chi connectivity index (χ1n) is 8.62. The normalized spacial score (nSPS) is 14.7. The van der Waals surface area contributed by atoms with Crippen LogP contribution in [0, 0.1) is 0 Å². The number of hydrogen-bond acceptors (Lipinski definition) is 6. The standard InChI is InChI=1S/C17H25N3O6S/c1-25-10-7-18-16(21)12-19-17(22)13-5-6-14(26-2)15(11-13)27(23,24)20-8-3-4-9-20/h5-6,11H,3-4,7-10,12H2,1-2H3,(H,18,21)(H,19,22). The minimum atomic E-state index is -3.75. The highest BCUT2D eigenvalue weighted by Crippen LogP contribution is 2.29. The van der Waals surface area contributed by atoms with Gasteiger partial charge in [0.05, 0.1) is 20.3 Å². The van der Waals surface area contributed by atoms with Crippen molar-refractivity contribution in [3.8, 4) is 5.75 Å². The zero-order valence-corrected chi connectivity index (χ0v) is 16.3. The largest absolute Gasteiger partial charge is 0.495 e. The number of amides is 2. The van der Waals surface area contributed by atoms with Gasteiger partial charge in [0.25, 0.3) is 5.91 Å². The molecule has 150 valence electrons. The summed E-state index contributed by atoms with van der Waals surface area (Å²) < 4.78 is 37.1. The molecule has 1 heterocycles. The first kappa shape index (κ1) is 21.1. The molecule has 10 heteroatoms. The molecule has 0 aliphatic carbocycles. The predicted molar refractivity (Wildman–Crippen MR) is 98.2 cm³/mol. The number of sulfonamides is 1. The molecule has 0 bridgehead atoms. The molecular formula is C17H25N3O6S. The lowest BCUT2D eigenvalue weighted by molar-refractivity contribution is -0.120. The van der Waals surface area contributed by atoms with E-state index in [1.165, 1.54) is 36.7 Å². The lowest BCUT2D eigenvalue weighted by Gasteiger charge is -2.18. The third-order valence-corrected chi connectivity index (χ3v) is 6.07. The van der Waals surface area contributed by atoms with E-state index in [-0.39, 0.29) is 28.7 Å². The van der Waals surface area contributed by atoms with Crippen molar-refractivity contribution in [2.24, 2.45) is 0 Å². The monoisotopic (exact) mass is 399 g/mol. The number of methoxy groups -OCH3 is 2. The first-order chi connectivity index (χ1) is 12.9. The molecule has 0 atom stereocenters. The maximum absolute atomic E-state index is 12.8. The molecule has 0 spiro atoms. The van der Waals surface area contributed by atoms with Crippen LogP contribution in [0.1, 0.15) is 23.2 Å². The van der Waals surface area contributed by atoms with Gasteiger partial charge in [0, 0.05) is 32.3 Å². The molecule has 2 amide bonds. The fraction of sp³-hybridized carbons (Fsp3) is 0.529. The molecule has 1 aliphatic rings. The lowest BCUT2D eigenvalue weighted by Crippen LogP contribution is -2.38. The molecule has 0 unspecified atom stereocenters. The number of rotatable bonds is 9. The molecule has 1 fully saturated rings. The van der Waals surface area contributed by atoms with Crippen LogP contribution in [-0.2, 0) is 19.6 Å². The molecule has 1 saturated heterocycles. The molecule has 0 saturated carbocycles. The van der Waals surface area contributed by atoms with Gasteiger partial charge in [-0.15, -0.1) is 0 Å². The SMILES string of the molecule is COCCNC(=O)CNC(=O)c1ccc(OC)c(S(=O)(=O)N2CCCC2)c1. The van der Waals surface area contributed by atoms with Crippen molar-refractivity contribution in [3.05, 3.63) is 23.8 Å². The van der Waals surface area contributed by atoms with Gasteiger partial charge in [-0.3, -0.25) is 9.59 Å². The summed E-state index contributed by atoms with van der Waals surface area (Å²) in [6, 6.07) is 4.18. The van der Waals surface area contributed by atoms with Crippen molar-refractivity contribution in [2.45, 2.75) is 17.7 Å². The van der Waals surface area contributed by atoms with Crippen LogP contribution in [0.25, 0.3) is 0 Å². The Balaban J connectivity index is 2.11. The van der Waals surface area contributed by atoms with Crippen LogP contribution >= 0.6 is 0 Å². The Morgan fingerprint density at radius 3 is 2.48 bits per heavy atom. The fourth-order valence-corrected chi connectivity index (χ4v) is 4.40. The van der Waals surface area contributed by atoms with Gasteiger partial charge in [-0.25, -0.2) is 8.42 Å². The number of benzene rings is 1. The van der Waals surface area contributed by atoms with Gasteiger partial charge in [-0.1, -0.05) is 0 Å². The Bertz CT molecular complexity index is 775. The topological polar surface area (TPSA) is 114 Å². The average Bonchev–Trinajstić information content (AvgIpc) is 3.21. The highest BCUT2D eigenvalue weighted by molar-refractivity contribution is 7.89. The summed E-state index contributed by atoms with van der Waals surface area (Å²) in [6.07, 6.45) is 1.61. The quantitative estimate of drug-likeness (QED) is 0.564.